The van der Waals surface area contributed by atoms with Crippen molar-refractivity contribution in [2.45, 2.75) is 46.2 Å². The minimum Gasteiger partial charge on any atom is -0.311 e. The van der Waals surface area contributed by atoms with Crippen LogP contribution in [-0.2, 0) is 0 Å². The van der Waals surface area contributed by atoms with Gasteiger partial charge in [-0.3, -0.25) is 4.90 Å². The topological polar surface area (TPSA) is 18.5 Å². The maximum atomic E-state index is 3.79. The quantitative estimate of drug-likeness (QED) is 0.811. The summed E-state index contributed by atoms with van der Waals surface area (Å²) in [5.41, 5.74) is 0. The van der Waals surface area contributed by atoms with Gasteiger partial charge in [-0.15, -0.1) is 0 Å². The maximum Gasteiger partial charge on any atom is 0.0244 e. The molecule has 2 atom stereocenters. The number of thioether (sulfide) groups is 1. The van der Waals surface area contributed by atoms with E-state index in [1.54, 1.807) is 0 Å². The zero-order valence-electron chi connectivity index (χ0n) is 14.5. The zero-order chi connectivity index (χ0) is 15.2. The second kappa shape index (κ2) is 8.76. The van der Waals surface area contributed by atoms with Crippen LogP contribution in [0.2, 0.25) is 0 Å². The highest BCUT2D eigenvalue weighted by Crippen LogP contribution is 2.18. The van der Waals surface area contributed by atoms with E-state index in [2.05, 4.69) is 54.6 Å². The first kappa shape index (κ1) is 17.6. The largest absolute Gasteiger partial charge is 0.311 e. The minimum absolute atomic E-state index is 0.692. The Balaban J connectivity index is 1.84. The molecular formula is C17H35N3S. The molecule has 2 fully saturated rings. The molecule has 0 aromatic rings. The van der Waals surface area contributed by atoms with E-state index in [9.17, 15) is 0 Å². The van der Waals surface area contributed by atoms with Gasteiger partial charge >= 0.3 is 0 Å². The van der Waals surface area contributed by atoms with Gasteiger partial charge in [-0.2, -0.15) is 11.8 Å². The van der Waals surface area contributed by atoms with Crippen LogP contribution in [0.15, 0.2) is 0 Å². The van der Waals surface area contributed by atoms with Gasteiger partial charge in [-0.05, 0) is 18.3 Å². The van der Waals surface area contributed by atoms with E-state index in [-0.39, 0.29) is 0 Å². The molecule has 2 aliphatic heterocycles. The molecule has 3 nitrogen and oxygen atoms in total. The third kappa shape index (κ3) is 5.74. The summed E-state index contributed by atoms with van der Waals surface area (Å²) < 4.78 is 0. The first-order valence-electron chi connectivity index (χ1n) is 8.83. The molecule has 124 valence electrons. The fourth-order valence-corrected chi connectivity index (χ4v) is 4.61. The fourth-order valence-electron chi connectivity index (χ4n) is 3.64. The summed E-state index contributed by atoms with van der Waals surface area (Å²) in [6.45, 7) is 16.9. The van der Waals surface area contributed by atoms with E-state index in [1.165, 1.54) is 57.2 Å². The summed E-state index contributed by atoms with van der Waals surface area (Å²) in [6, 6.07) is 1.41. The number of piperazine rings is 1. The first-order chi connectivity index (χ1) is 10.1. The van der Waals surface area contributed by atoms with Gasteiger partial charge in [0.15, 0.2) is 0 Å². The molecule has 4 heteroatoms. The molecular weight excluding hydrogens is 278 g/mol. The molecule has 21 heavy (non-hydrogen) atoms. The lowest BCUT2D eigenvalue weighted by molar-refractivity contribution is 0.0809. The van der Waals surface area contributed by atoms with E-state index in [0.717, 1.165) is 11.8 Å². The van der Waals surface area contributed by atoms with Crippen molar-refractivity contribution in [1.82, 2.24) is 15.1 Å². The summed E-state index contributed by atoms with van der Waals surface area (Å²) in [4.78, 5) is 5.43. The van der Waals surface area contributed by atoms with Crippen LogP contribution in [0.3, 0.4) is 0 Å². The molecule has 0 spiro atoms. The Labute approximate surface area is 136 Å². The van der Waals surface area contributed by atoms with Crippen molar-refractivity contribution in [2.24, 2.45) is 11.8 Å². The van der Waals surface area contributed by atoms with Gasteiger partial charge in [0.05, 0.1) is 0 Å². The average molecular weight is 314 g/mol. The summed E-state index contributed by atoms with van der Waals surface area (Å²) in [6.07, 6.45) is 1.31. The molecule has 0 aromatic carbocycles. The number of nitrogens with zero attached hydrogens (tertiary/aromatic N) is 2. The van der Waals surface area contributed by atoms with Gasteiger partial charge in [0, 0.05) is 62.9 Å². The Kier molecular flexibility index (Phi) is 7.33. The lowest BCUT2D eigenvalue weighted by Gasteiger charge is -2.43. The van der Waals surface area contributed by atoms with Crippen molar-refractivity contribution in [1.29, 1.82) is 0 Å². The van der Waals surface area contributed by atoms with E-state index in [0.29, 0.717) is 12.1 Å². The number of rotatable bonds is 6. The molecule has 2 unspecified atom stereocenters. The highest BCUT2D eigenvalue weighted by Gasteiger charge is 2.30. The maximum absolute atomic E-state index is 3.79. The van der Waals surface area contributed by atoms with Gasteiger partial charge in [-0.25, -0.2) is 0 Å². The van der Waals surface area contributed by atoms with E-state index < -0.39 is 0 Å². The second-order valence-corrected chi connectivity index (χ2v) is 8.72. The van der Waals surface area contributed by atoms with Gasteiger partial charge in [0.25, 0.3) is 0 Å². The predicted molar refractivity (Wildman–Crippen MR) is 95.2 cm³/mol. The van der Waals surface area contributed by atoms with Crippen LogP contribution >= 0.6 is 11.8 Å². The van der Waals surface area contributed by atoms with E-state index >= 15 is 0 Å². The molecule has 0 aliphatic carbocycles. The van der Waals surface area contributed by atoms with Crippen LogP contribution in [0, 0.1) is 11.8 Å². The van der Waals surface area contributed by atoms with Crippen LogP contribution in [0.25, 0.3) is 0 Å². The molecule has 0 amide bonds. The molecule has 0 radical (unpaired) electrons. The zero-order valence-corrected chi connectivity index (χ0v) is 15.3. The number of nitrogens with one attached hydrogen (secondary N) is 1. The molecule has 2 rings (SSSR count). The smallest absolute Gasteiger partial charge is 0.0244 e. The average Bonchev–Trinajstić information content (AvgIpc) is 2.45. The molecule has 2 aliphatic rings. The first-order valence-corrected chi connectivity index (χ1v) is 9.99. The monoisotopic (exact) mass is 313 g/mol. The highest BCUT2D eigenvalue weighted by atomic mass is 32.2. The Bertz CT molecular complexity index is 290. The lowest BCUT2D eigenvalue weighted by Crippen LogP contribution is -2.59. The normalized spacial score (nSPS) is 29.4. The van der Waals surface area contributed by atoms with Gasteiger partial charge in [-0.1, -0.05) is 27.7 Å². The third-order valence-electron chi connectivity index (χ3n) is 4.87. The van der Waals surface area contributed by atoms with Crippen LogP contribution < -0.4 is 5.32 Å². The van der Waals surface area contributed by atoms with Gasteiger partial charge < -0.3 is 10.2 Å². The van der Waals surface area contributed by atoms with Crippen LogP contribution in [-0.4, -0.2) is 72.7 Å². The van der Waals surface area contributed by atoms with Gasteiger partial charge in [0.1, 0.15) is 0 Å². The van der Waals surface area contributed by atoms with Crippen molar-refractivity contribution in [3.63, 3.8) is 0 Å². The summed E-state index contributed by atoms with van der Waals surface area (Å²) >= 11 is 2.11. The SMILES string of the molecule is CC(C)CC1CN(CCN2CCSCC2)C(C(C)C)CN1. The van der Waals surface area contributed by atoms with Crippen molar-refractivity contribution < 1.29 is 0 Å². The summed E-state index contributed by atoms with van der Waals surface area (Å²) in [7, 11) is 0. The van der Waals surface area contributed by atoms with Crippen molar-refractivity contribution in [3.8, 4) is 0 Å². The highest BCUT2D eigenvalue weighted by molar-refractivity contribution is 7.99. The van der Waals surface area contributed by atoms with Gasteiger partial charge in [0.2, 0.25) is 0 Å². The summed E-state index contributed by atoms with van der Waals surface area (Å²) in [5.74, 6) is 4.18. The van der Waals surface area contributed by atoms with Crippen LogP contribution in [0.5, 0.6) is 0 Å². The predicted octanol–water partition coefficient (Wildman–Crippen LogP) is 2.38. The second-order valence-electron chi connectivity index (χ2n) is 7.50. The van der Waals surface area contributed by atoms with Crippen LogP contribution in [0.1, 0.15) is 34.1 Å². The van der Waals surface area contributed by atoms with E-state index in [1.807, 2.05) is 0 Å². The molecule has 2 heterocycles. The Morgan fingerprint density at radius 3 is 2.43 bits per heavy atom. The minimum atomic E-state index is 0.692. The fraction of sp³-hybridized carbons (Fsp3) is 1.00. The van der Waals surface area contributed by atoms with Crippen molar-refractivity contribution >= 4 is 11.8 Å². The standard InChI is InChI=1S/C17H35N3S/c1-14(2)11-16-13-20(17(12-18-16)15(3)4)6-5-19-7-9-21-10-8-19/h14-18H,5-13H2,1-4H3. The molecule has 2 saturated heterocycles. The van der Waals surface area contributed by atoms with Crippen molar-refractivity contribution in [3.05, 3.63) is 0 Å². The summed E-state index contributed by atoms with van der Waals surface area (Å²) in [5, 5.41) is 3.79. The Morgan fingerprint density at radius 1 is 1.10 bits per heavy atom. The molecule has 0 aromatic heterocycles. The Morgan fingerprint density at radius 2 is 1.81 bits per heavy atom. The van der Waals surface area contributed by atoms with Crippen molar-refractivity contribution in [2.75, 3.05) is 50.8 Å². The number of hydrogen-bond acceptors (Lipinski definition) is 4. The number of hydrogen-bond donors (Lipinski definition) is 1. The lowest BCUT2D eigenvalue weighted by atomic mass is 9.95. The van der Waals surface area contributed by atoms with Crippen LogP contribution in [0.4, 0.5) is 0 Å². The molecule has 1 N–H and O–H groups in total. The molecule has 0 saturated carbocycles. The Hall–Kier alpha value is 0.230. The van der Waals surface area contributed by atoms with E-state index in [4.69, 9.17) is 0 Å². The molecule has 0 bridgehead atoms. The third-order valence-corrected chi connectivity index (χ3v) is 5.81.